The number of aromatic amines is 1. The summed E-state index contributed by atoms with van der Waals surface area (Å²) in [6.07, 6.45) is 1.79. The van der Waals surface area contributed by atoms with Crippen molar-refractivity contribution >= 4 is 33.6 Å². The number of benzene rings is 2. The first-order chi connectivity index (χ1) is 10.1. The summed E-state index contributed by atoms with van der Waals surface area (Å²) in [5.41, 5.74) is 2.58. The van der Waals surface area contributed by atoms with Crippen LogP contribution in [0.2, 0.25) is 0 Å². The van der Waals surface area contributed by atoms with Gasteiger partial charge in [-0.1, -0.05) is 53.6 Å². The van der Waals surface area contributed by atoms with Gasteiger partial charge in [0.15, 0.2) is 5.82 Å². The Morgan fingerprint density at radius 3 is 2.62 bits per heavy atom. The minimum atomic E-state index is -0.189. The Morgan fingerprint density at radius 1 is 1.14 bits per heavy atom. The molecule has 0 aliphatic rings. The number of fused-ring (bicyclic) bond motifs is 1. The highest BCUT2D eigenvalue weighted by molar-refractivity contribution is 6.50. The van der Waals surface area contributed by atoms with E-state index < -0.39 is 0 Å². The number of aromatic nitrogens is 2. The zero-order valence-corrected chi connectivity index (χ0v) is 12.2. The number of aryl methyl sites for hydroxylation is 1. The lowest BCUT2D eigenvalue weighted by Crippen LogP contribution is -2.10. The van der Waals surface area contributed by atoms with Gasteiger partial charge in [0, 0.05) is 0 Å². The van der Waals surface area contributed by atoms with Crippen molar-refractivity contribution < 1.29 is 0 Å². The van der Waals surface area contributed by atoms with Gasteiger partial charge in [-0.3, -0.25) is 4.79 Å². The van der Waals surface area contributed by atoms with E-state index in [2.05, 4.69) is 9.97 Å². The Morgan fingerprint density at radius 2 is 1.86 bits per heavy atom. The van der Waals surface area contributed by atoms with Crippen molar-refractivity contribution in [2.75, 3.05) is 0 Å². The van der Waals surface area contributed by atoms with Gasteiger partial charge < -0.3 is 4.98 Å². The molecule has 0 amide bonds. The standard InChI is InChI=1S/C17H13ClN2O/c1-11-6-8-12(9-7-11)10-14(18)16-19-15-5-3-2-4-13(15)17(21)20-16/h2-10H,1H3,(H,19,20,21)/b14-10-. The average Bonchev–Trinajstić information content (AvgIpc) is 2.49. The van der Waals surface area contributed by atoms with Crippen LogP contribution in [0, 0.1) is 6.92 Å². The molecule has 21 heavy (non-hydrogen) atoms. The SMILES string of the molecule is Cc1ccc(/C=C(\Cl)c2nc3ccccc3c(=O)[nH]2)cc1. The van der Waals surface area contributed by atoms with E-state index >= 15 is 0 Å². The van der Waals surface area contributed by atoms with Gasteiger partial charge in [-0.2, -0.15) is 0 Å². The van der Waals surface area contributed by atoms with E-state index in [1.54, 1.807) is 18.2 Å². The number of rotatable bonds is 2. The van der Waals surface area contributed by atoms with Gasteiger partial charge >= 0.3 is 0 Å². The molecule has 0 fully saturated rings. The second-order valence-electron chi connectivity index (χ2n) is 4.83. The molecule has 1 N–H and O–H groups in total. The maximum Gasteiger partial charge on any atom is 0.259 e. The van der Waals surface area contributed by atoms with E-state index in [0.717, 1.165) is 5.56 Å². The van der Waals surface area contributed by atoms with Crippen LogP contribution in [0.5, 0.6) is 0 Å². The molecule has 1 heterocycles. The maximum absolute atomic E-state index is 12.0. The molecular formula is C17H13ClN2O. The first-order valence-corrected chi connectivity index (χ1v) is 6.94. The fraction of sp³-hybridized carbons (Fsp3) is 0.0588. The first kappa shape index (κ1) is 13.6. The Bertz CT molecular complexity index is 879. The van der Waals surface area contributed by atoms with Gasteiger partial charge in [-0.15, -0.1) is 0 Å². The number of nitrogens with one attached hydrogen (secondary N) is 1. The molecule has 3 nitrogen and oxygen atoms in total. The van der Waals surface area contributed by atoms with Crippen LogP contribution in [0.25, 0.3) is 22.0 Å². The molecule has 0 aliphatic heterocycles. The van der Waals surface area contributed by atoms with Crippen molar-refractivity contribution in [3.05, 3.63) is 75.8 Å². The van der Waals surface area contributed by atoms with Crippen molar-refractivity contribution in [3.63, 3.8) is 0 Å². The van der Waals surface area contributed by atoms with Crippen LogP contribution in [0.1, 0.15) is 17.0 Å². The van der Waals surface area contributed by atoms with Crippen LogP contribution < -0.4 is 5.56 Å². The molecule has 0 radical (unpaired) electrons. The van der Waals surface area contributed by atoms with Gasteiger partial charge in [0.1, 0.15) is 0 Å². The summed E-state index contributed by atoms with van der Waals surface area (Å²) in [7, 11) is 0. The molecule has 0 saturated heterocycles. The highest BCUT2D eigenvalue weighted by Crippen LogP contribution is 2.20. The van der Waals surface area contributed by atoms with Crippen LogP contribution in [0.15, 0.2) is 53.3 Å². The normalized spacial score (nSPS) is 11.8. The Labute approximate surface area is 126 Å². The molecule has 3 aromatic rings. The quantitative estimate of drug-likeness (QED) is 0.778. The van der Waals surface area contributed by atoms with Crippen LogP contribution >= 0.6 is 11.6 Å². The lowest BCUT2D eigenvalue weighted by Gasteiger charge is -2.02. The van der Waals surface area contributed by atoms with Crippen molar-refractivity contribution in [3.8, 4) is 0 Å². The number of nitrogens with zero attached hydrogens (tertiary/aromatic N) is 1. The van der Waals surface area contributed by atoms with Crippen molar-refractivity contribution in [1.82, 2.24) is 9.97 Å². The number of para-hydroxylation sites is 1. The molecule has 0 aliphatic carbocycles. The number of hydrogen-bond donors (Lipinski definition) is 1. The molecule has 0 spiro atoms. The van der Waals surface area contributed by atoms with Gasteiger partial charge in [-0.25, -0.2) is 4.98 Å². The van der Waals surface area contributed by atoms with Gasteiger partial charge in [0.25, 0.3) is 5.56 Å². The topological polar surface area (TPSA) is 45.8 Å². The molecule has 0 saturated carbocycles. The summed E-state index contributed by atoms with van der Waals surface area (Å²) in [5.74, 6) is 0.376. The largest absolute Gasteiger partial charge is 0.305 e. The predicted molar refractivity (Wildman–Crippen MR) is 87.3 cm³/mol. The molecular weight excluding hydrogens is 284 g/mol. The molecule has 0 bridgehead atoms. The third-order valence-electron chi connectivity index (χ3n) is 3.21. The van der Waals surface area contributed by atoms with E-state index in [0.29, 0.717) is 21.8 Å². The average molecular weight is 297 g/mol. The Balaban J connectivity index is 2.07. The fourth-order valence-corrected chi connectivity index (χ4v) is 2.29. The second kappa shape index (κ2) is 5.54. The first-order valence-electron chi connectivity index (χ1n) is 6.57. The fourth-order valence-electron chi connectivity index (χ4n) is 2.08. The van der Waals surface area contributed by atoms with Crippen LogP contribution in [0.3, 0.4) is 0 Å². The van der Waals surface area contributed by atoms with E-state index in [1.807, 2.05) is 43.3 Å². The maximum atomic E-state index is 12.0. The molecule has 0 unspecified atom stereocenters. The van der Waals surface area contributed by atoms with Crippen LogP contribution in [-0.2, 0) is 0 Å². The van der Waals surface area contributed by atoms with Crippen LogP contribution in [-0.4, -0.2) is 9.97 Å². The third kappa shape index (κ3) is 2.88. The molecule has 2 aromatic carbocycles. The highest BCUT2D eigenvalue weighted by atomic mass is 35.5. The zero-order chi connectivity index (χ0) is 14.8. The van der Waals surface area contributed by atoms with Gasteiger partial charge in [0.05, 0.1) is 15.9 Å². The van der Waals surface area contributed by atoms with E-state index in [9.17, 15) is 4.79 Å². The van der Waals surface area contributed by atoms with E-state index in [4.69, 9.17) is 11.6 Å². The molecule has 4 heteroatoms. The summed E-state index contributed by atoms with van der Waals surface area (Å²) < 4.78 is 0. The van der Waals surface area contributed by atoms with E-state index in [1.165, 1.54) is 5.56 Å². The summed E-state index contributed by atoms with van der Waals surface area (Å²) in [4.78, 5) is 19.1. The van der Waals surface area contributed by atoms with E-state index in [-0.39, 0.29) is 5.56 Å². The second-order valence-corrected chi connectivity index (χ2v) is 5.24. The highest BCUT2D eigenvalue weighted by Gasteiger charge is 2.06. The predicted octanol–water partition coefficient (Wildman–Crippen LogP) is 3.97. The lowest BCUT2D eigenvalue weighted by molar-refractivity contribution is 1.14. The number of hydrogen-bond acceptors (Lipinski definition) is 2. The summed E-state index contributed by atoms with van der Waals surface area (Å²) in [6.45, 7) is 2.03. The molecule has 0 atom stereocenters. The summed E-state index contributed by atoms with van der Waals surface area (Å²) >= 11 is 6.28. The van der Waals surface area contributed by atoms with Gasteiger partial charge in [-0.05, 0) is 30.7 Å². The zero-order valence-electron chi connectivity index (χ0n) is 11.4. The third-order valence-corrected chi connectivity index (χ3v) is 3.50. The Hall–Kier alpha value is -2.39. The molecule has 104 valence electrons. The van der Waals surface area contributed by atoms with Crippen molar-refractivity contribution in [1.29, 1.82) is 0 Å². The smallest absolute Gasteiger partial charge is 0.259 e. The van der Waals surface area contributed by atoms with Gasteiger partial charge in [0.2, 0.25) is 0 Å². The molecule has 1 aromatic heterocycles. The van der Waals surface area contributed by atoms with Crippen molar-refractivity contribution in [2.24, 2.45) is 0 Å². The van der Waals surface area contributed by atoms with Crippen molar-refractivity contribution in [2.45, 2.75) is 6.92 Å². The van der Waals surface area contributed by atoms with Crippen LogP contribution in [0.4, 0.5) is 0 Å². The Kier molecular flexibility index (Phi) is 3.59. The minimum absolute atomic E-state index is 0.189. The monoisotopic (exact) mass is 296 g/mol. The molecule has 3 rings (SSSR count). The number of halogens is 1. The summed E-state index contributed by atoms with van der Waals surface area (Å²) in [6, 6.07) is 15.1. The lowest BCUT2D eigenvalue weighted by atomic mass is 10.1. The minimum Gasteiger partial charge on any atom is -0.305 e. The summed E-state index contributed by atoms with van der Waals surface area (Å²) in [5, 5.41) is 0.961. The number of H-pyrrole nitrogens is 1.